The van der Waals surface area contributed by atoms with Crippen LogP contribution < -0.4 is 0 Å². The van der Waals surface area contributed by atoms with Gasteiger partial charge in [-0.05, 0) is 258 Å². The third-order valence-corrected chi connectivity index (χ3v) is 22.1. The zero-order valence-electron chi connectivity index (χ0n) is 66.8. The summed E-state index contributed by atoms with van der Waals surface area (Å²) in [6.45, 7) is 81.1. The van der Waals surface area contributed by atoms with E-state index in [0.29, 0.717) is 0 Å². The van der Waals surface area contributed by atoms with Crippen molar-refractivity contribution >= 4 is 0 Å². The van der Waals surface area contributed by atoms with E-state index < -0.39 is 0 Å². The van der Waals surface area contributed by atoms with Crippen LogP contribution in [-0.2, 0) is 0 Å². The Balaban J connectivity index is -0.000000209. The zero-order chi connectivity index (χ0) is 66.8. The van der Waals surface area contributed by atoms with Crippen molar-refractivity contribution in [2.24, 2.45) is 142 Å². The van der Waals surface area contributed by atoms with Gasteiger partial charge in [0.1, 0.15) is 0 Å². The largest absolute Gasteiger partial charge is 0.0683 e. The minimum absolute atomic E-state index is 0.909. The third-order valence-electron chi connectivity index (χ3n) is 22.1. The second-order valence-electron chi connectivity index (χ2n) is 31.0. The summed E-state index contributed by atoms with van der Waals surface area (Å²) >= 11 is 0. The molecule has 0 bridgehead atoms. The minimum Gasteiger partial charge on any atom is -0.0683 e. The second kappa shape index (κ2) is 60.6. The number of hydrogen-bond acceptors (Lipinski definition) is 0. The number of rotatable bonds is 12. The summed E-state index contributed by atoms with van der Waals surface area (Å²) in [6.07, 6.45) is 35.7. The maximum absolute atomic E-state index is 2.38. The molecule has 0 spiro atoms. The quantitative estimate of drug-likeness (QED) is 0.183. The summed E-state index contributed by atoms with van der Waals surface area (Å²) in [6, 6.07) is 0. The normalized spacial score (nSPS) is 27.4. The summed E-state index contributed by atoms with van der Waals surface area (Å²) in [5, 5.41) is 0. The smallest absolute Gasteiger partial charge is 0.0388 e. The first-order valence-corrected chi connectivity index (χ1v) is 39.7. The molecule has 0 heteroatoms. The van der Waals surface area contributed by atoms with E-state index in [-0.39, 0.29) is 0 Å². The van der Waals surface area contributed by atoms with Crippen LogP contribution in [0.3, 0.4) is 0 Å². The molecule has 0 aromatic carbocycles. The van der Waals surface area contributed by atoms with Crippen molar-refractivity contribution in [3.05, 3.63) is 0 Å². The highest BCUT2D eigenvalue weighted by Crippen LogP contribution is 2.41. The van der Waals surface area contributed by atoms with Crippen molar-refractivity contribution in [2.45, 2.75) is 403 Å². The SMILES string of the molecule is CC.CC.CC.CC.CC.CC.CC(C)C1CCC(C(C)C)CC1.CC(C)C1CCC(C(C)C)CC1.CC(C)C1CCC(C(C)C)CC1.CC(C)C1CCC(C(C)C)CC1.CC(C)[C@@H]1CCC[C@@H](C(C)C)C1.CC(C)[C@H]1CCC[C@H](C(C)C)C1. The summed E-state index contributed by atoms with van der Waals surface area (Å²) in [5.41, 5.74) is 0. The fourth-order valence-electron chi connectivity index (χ4n) is 14.9. The van der Waals surface area contributed by atoms with Gasteiger partial charge in [-0.2, -0.15) is 0 Å². The lowest BCUT2D eigenvalue weighted by molar-refractivity contribution is 0.177. The molecule has 84 heavy (non-hydrogen) atoms. The summed E-state index contributed by atoms with van der Waals surface area (Å²) in [4.78, 5) is 0. The van der Waals surface area contributed by atoms with Crippen LogP contribution >= 0.6 is 0 Å². The molecule has 0 N–H and O–H groups in total. The maximum Gasteiger partial charge on any atom is -0.0388 e. The average Bonchev–Trinajstić information content (AvgIpc) is 3.59. The molecule has 6 saturated carbocycles. The highest BCUT2D eigenvalue weighted by Gasteiger charge is 2.30. The lowest BCUT2D eigenvalue weighted by atomic mass is 9.72. The van der Waals surface area contributed by atoms with Gasteiger partial charge in [0.25, 0.3) is 0 Å². The summed E-state index contributed by atoms with van der Waals surface area (Å²) in [7, 11) is 0. The zero-order valence-corrected chi connectivity index (χ0v) is 66.8. The first-order valence-electron chi connectivity index (χ1n) is 39.7. The Hall–Kier alpha value is 0. The van der Waals surface area contributed by atoms with E-state index in [4.69, 9.17) is 0 Å². The first kappa shape index (κ1) is 95.1. The van der Waals surface area contributed by atoms with E-state index in [2.05, 4.69) is 166 Å². The predicted molar refractivity (Wildman–Crippen MR) is 399 cm³/mol. The minimum atomic E-state index is 0.909. The van der Waals surface area contributed by atoms with E-state index in [9.17, 15) is 0 Å². The summed E-state index contributed by atoms with van der Waals surface area (Å²) < 4.78 is 0. The van der Waals surface area contributed by atoms with Crippen molar-refractivity contribution in [1.29, 1.82) is 0 Å². The van der Waals surface area contributed by atoms with Gasteiger partial charge in [-0.3, -0.25) is 0 Å². The molecular weight excluding hydrogens is 1010 g/mol. The van der Waals surface area contributed by atoms with Gasteiger partial charge < -0.3 is 0 Å². The Morgan fingerprint density at radius 3 is 0.286 bits per heavy atom. The molecule has 6 fully saturated rings. The van der Waals surface area contributed by atoms with Crippen molar-refractivity contribution in [1.82, 2.24) is 0 Å². The first-order chi connectivity index (χ1) is 39.7. The van der Waals surface area contributed by atoms with Crippen LogP contribution in [0, 0.1) is 142 Å². The molecule has 0 heterocycles. The van der Waals surface area contributed by atoms with Crippen molar-refractivity contribution in [2.75, 3.05) is 0 Å². The van der Waals surface area contributed by atoms with Crippen LogP contribution in [0.2, 0.25) is 0 Å². The summed E-state index contributed by atoms with van der Waals surface area (Å²) in [5.74, 6) is 23.3. The monoisotopic (exact) mass is 1190 g/mol. The van der Waals surface area contributed by atoms with Crippen molar-refractivity contribution < 1.29 is 0 Å². The maximum atomic E-state index is 2.38. The molecule has 0 amide bonds. The third kappa shape index (κ3) is 46.1. The molecular formula is C84H180. The van der Waals surface area contributed by atoms with E-state index >= 15 is 0 Å². The molecule has 0 saturated heterocycles. The van der Waals surface area contributed by atoms with Gasteiger partial charge >= 0.3 is 0 Å². The Labute approximate surface area is 542 Å². The molecule has 0 radical (unpaired) electrons. The molecule has 0 unspecified atom stereocenters. The van der Waals surface area contributed by atoms with E-state index in [1.807, 2.05) is 83.1 Å². The molecule has 0 aliphatic heterocycles. The Bertz CT molecular complexity index is 956. The molecule has 6 rings (SSSR count). The topological polar surface area (TPSA) is 0 Å². The predicted octanol–water partition coefficient (Wildman–Crippen LogP) is 30.8. The van der Waals surface area contributed by atoms with E-state index in [1.165, 1.54) is 154 Å². The van der Waals surface area contributed by atoms with Crippen LogP contribution in [0.4, 0.5) is 0 Å². The van der Waals surface area contributed by atoms with Crippen LogP contribution in [-0.4, -0.2) is 0 Å². The van der Waals surface area contributed by atoms with Crippen molar-refractivity contribution in [3.8, 4) is 0 Å². The van der Waals surface area contributed by atoms with E-state index in [1.54, 1.807) is 0 Å². The molecule has 0 aromatic heterocycles. The van der Waals surface area contributed by atoms with Gasteiger partial charge in [0.05, 0.1) is 0 Å². The fourth-order valence-corrected chi connectivity index (χ4v) is 14.9. The Kier molecular flexibility index (Phi) is 68.6. The molecule has 0 nitrogen and oxygen atoms in total. The highest BCUT2D eigenvalue weighted by molar-refractivity contribution is 4.81. The molecule has 4 atom stereocenters. The molecule has 6 aliphatic carbocycles. The van der Waals surface area contributed by atoms with E-state index in [0.717, 1.165) is 142 Å². The van der Waals surface area contributed by atoms with Gasteiger partial charge in [-0.25, -0.2) is 0 Å². The second-order valence-corrected chi connectivity index (χ2v) is 31.0. The standard InChI is InChI=1S/6C12H24.6C2H6/c4*1-9(2)11-5-7-12(8-6-11)10(3)4;2*1-9(2)11-6-5-7-12(8-11)10(3)4;6*1-2/h6*9-12H,5-8H2,1-4H3;6*1-2H3/t;;;;2*11-,12-;;;;;;/m....10....../s1. The highest BCUT2D eigenvalue weighted by atomic mass is 14.4. The molecule has 6 aliphatic rings. The Morgan fingerprint density at radius 2 is 0.214 bits per heavy atom. The van der Waals surface area contributed by atoms with Crippen LogP contribution in [0.25, 0.3) is 0 Å². The van der Waals surface area contributed by atoms with Gasteiger partial charge in [-0.15, -0.1) is 0 Å². The fraction of sp³-hybridized carbons (Fsp3) is 1.00. The van der Waals surface area contributed by atoms with Crippen LogP contribution in [0.1, 0.15) is 403 Å². The van der Waals surface area contributed by atoms with Gasteiger partial charge in [0.2, 0.25) is 0 Å². The van der Waals surface area contributed by atoms with Gasteiger partial charge in [0.15, 0.2) is 0 Å². The Morgan fingerprint density at radius 1 is 0.131 bits per heavy atom. The molecule has 0 aromatic rings. The molecule has 516 valence electrons. The van der Waals surface area contributed by atoms with Crippen molar-refractivity contribution in [3.63, 3.8) is 0 Å². The van der Waals surface area contributed by atoms with Gasteiger partial charge in [-0.1, -0.05) is 288 Å². The van der Waals surface area contributed by atoms with Gasteiger partial charge in [0, 0.05) is 0 Å². The van der Waals surface area contributed by atoms with Crippen LogP contribution in [0.5, 0.6) is 0 Å². The lowest BCUT2D eigenvalue weighted by Gasteiger charge is -2.33. The van der Waals surface area contributed by atoms with Crippen LogP contribution in [0.15, 0.2) is 0 Å². The lowest BCUT2D eigenvalue weighted by Crippen LogP contribution is -2.22. The number of hydrogen-bond donors (Lipinski definition) is 0. The average molecular weight is 1190 g/mol.